The number of morpholine rings is 1. The Morgan fingerprint density at radius 2 is 2.07 bits per heavy atom. The van der Waals surface area contributed by atoms with Crippen molar-refractivity contribution < 1.29 is 4.74 Å². The smallest absolute Gasteiger partial charge is 0.212 e. The molecule has 2 aromatic heterocycles. The number of hydrogen-bond donors (Lipinski definition) is 2. The number of rotatable bonds is 8. The minimum atomic E-state index is -0.274. The molecule has 10 heteroatoms. The molecule has 1 aliphatic heterocycles. The van der Waals surface area contributed by atoms with Crippen LogP contribution in [0.1, 0.15) is 10.7 Å². The topological polar surface area (TPSA) is 107 Å². The molecule has 0 aromatic carbocycles. The highest BCUT2D eigenvalue weighted by molar-refractivity contribution is 7.19. The summed E-state index contributed by atoms with van der Waals surface area (Å²) < 4.78 is 6.59. The van der Waals surface area contributed by atoms with Crippen LogP contribution in [0.5, 0.6) is 0 Å². The standard InChI is InChI=1S/C20H30N8OS/c1-14(12-23-20(21)22)18-24-16-11-15(13-27(4)6-5-26(2)3)30-17(16)19(25-18)28-7-9-29-10-8-28/h11-12H,1,5-10,13H2,2-4H3,(H3,21,22)/b23-12-. The number of nitrogens with one attached hydrogen (secondary N) is 1. The second kappa shape index (κ2) is 10.1. The SMILES string of the molecule is C=C(/C=N\C(=N)N)c1nc(N2CCOCC2)c2sc(CN(C)CCN(C)C)cc2n1. The number of guanidine groups is 1. The molecule has 3 rings (SSSR count). The van der Waals surface area contributed by atoms with E-state index in [0.29, 0.717) is 24.6 Å². The lowest BCUT2D eigenvalue weighted by Crippen LogP contribution is -2.37. The molecule has 2 aromatic rings. The van der Waals surface area contributed by atoms with Crippen LogP contribution < -0.4 is 10.6 Å². The van der Waals surface area contributed by atoms with Crippen LogP contribution in [0.2, 0.25) is 0 Å². The number of nitrogens with zero attached hydrogens (tertiary/aromatic N) is 6. The van der Waals surface area contributed by atoms with E-state index >= 15 is 0 Å². The molecular weight excluding hydrogens is 400 g/mol. The van der Waals surface area contributed by atoms with Gasteiger partial charge in [0.25, 0.3) is 0 Å². The van der Waals surface area contributed by atoms with Crippen LogP contribution in [0.4, 0.5) is 5.82 Å². The number of hydrogen-bond acceptors (Lipinski definition) is 8. The predicted molar refractivity (Wildman–Crippen MR) is 125 cm³/mol. The molecule has 0 bridgehead atoms. The number of aliphatic imine (C=N–C) groups is 1. The van der Waals surface area contributed by atoms with Crippen molar-refractivity contribution in [3.63, 3.8) is 0 Å². The fourth-order valence-electron chi connectivity index (χ4n) is 3.10. The molecule has 1 fully saturated rings. The minimum absolute atomic E-state index is 0.274. The second-order valence-electron chi connectivity index (χ2n) is 7.61. The summed E-state index contributed by atoms with van der Waals surface area (Å²) in [4.78, 5) is 21.3. The maximum Gasteiger partial charge on any atom is 0.212 e. The van der Waals surface area contributed by atoms with Crippen molar-refractivity contribution in [1.29, 1.82) is 5.41 Å². The summed E-state index contributed by atoms with van der Waals surface area (Å²) in [6, 6.07) is 2.14. The maximum absolute atomic E-state index is 7.28. The van der Waals surface area contributed by atoms with E-state index in [4.69, 9.17) is 25.8 Å². The summed E-state index contributed by atoms with van der Waals surface area (Å²) >= 11 is 1.74. The Morgan fingerprint density at radius 1 is 1.33 bits per heavy atom. The van der Waals surface area contributed by atoms with Gasteiger partial charge in [-0.05, 0) is 27.2 Å². The van der Waals surface area contributed by atoms with Gasteiger partial charge in [-0.3, -0.25) is 5.41 Å². The van der Waals surface area contributed by atoms with Gasteiger partial charge in [-0.2, -0.15) is 0 Å². The highest BCUT2D eigenvalue weighted by Crippen LogP contribution is 2.33. The number of fused-ring (bicyclic) bond motifs is 1. The van der Waals surface area contributed by atoms with E-state index in [-0.39, 0.29) is 5.96 Å². The average molecular weight is 431 g/mol. The van der Waals surface area contributed by atoms with Gasteiger partial charge in [-0.1, -0.05) is 6.58 Å². The fourth-order valence-corrected chi connectivity index (χ4v) is 4.29. The molecule has 9 nitrogen and oxygen atoms in total. The third-order valence-corrected chi connectivity index (χ3v) is 5.82. The van der Waals surface area contributed by atoms with Crippen LogP contribution >= 0.6 is 11.3 Å². The van der Waals surface area contributed by atoms with Crippen molar-refractivity contribution in [3.8, 4) is 0 Å². The summed E-state index contributed by atoms with van der Waals surface area (Å²) in [5, 5.41) is 7.28. The van der Waals surface area contributed by atoms with Crippen LogP contribution in [0.25, 0.3) is 15.8 Å². The fraction of sp³-hybridized carbons (Fsp3) is 0.500. The van der Waals surface area contributed by atoms with Gasteiger partial charge in [-0.25, -0.2) is 15.0 Å². The van der Waals surface area contributed by atoms with Gasteiger partial charge in [0.2, 0.25) is 5.96 Å². The highest BCUT2D eigenvalue weighted by atomic mass is 32.1. The molecule has 0 atom stereocenters. The molecule has 0 saturated carbocycles. The first-order valence-corrected chi connectivity index (χ1v) is 10.7. The second-order valence-corrected chi connectivity index (χ2v) is 8.74. The van der Waals surface area contributed by atoms with Crippen molar-refractivity contribution in [2.24, 2.45) is 10.7 Å². The van der Waals surface area contributed by atoms with Crippen LogP contribution in [0.15, 0.2) is 17.6 Å². The Kier molecular flexibility index (Phi) is 7.48. The van der Waals surface area contributed by atoms with Crippen LogP contribution in [-0.2, 0) is 11.3 Å². The highest BCUT2D eigenvalue weighted by Gasteiger charge is 2.20. The van der Waals surface area contributed by atoms with Crippen LogP contribution in [0.3, 0.4) is 0 Å². The third kappa shape index (κ3) is 5.82. The van der Waals surface area contributed by atoms with Gasteiger partial charge in [0.1, 0.15) is 0 Å². The summed E-state index contributed by atoms with van der Waals surface area (Å²) in [5.74, 6) is 1.13. The summed E-state index contributed by atoms with van der Waals surface area (Å²) in [7, 11) is 6.30. The van der Waals surface area contributed by atoms with E-state index < -0.39 is 0 Å². The lowest BCUT2D eigenvalue weighted by Gasteiger charge is -2.28. The van der Waals surface area contributed by atoms with E-state index in [1.54, 1.807) is 11.3 Å². The zero-order chi connectivity index (χ0) is 21.7. The number of anilines is 1. The lowest BCUT2D eigenvalue weighted by molar-refractivity contribution is 0.122. The Morgan fingerprint density at radius 3 is 2.73 bits per heavy atom. The molecule has 0 amide bonds. The quantitative estimate of drug-likeness (QED) is 0.483. The van der Waals surface area contributed by atoms with Crippen molar-refractivity contribution in [3.05, 3.63) is 23.3 Å². The number of thiophene rings is 1. The van der Waals surface area contributed by atoms with E-state index in [1.165, 1.54) is 11.1 Å². The van der Waals surface area contributed by atoms with E-state index in [0.717, 1.165) is 48.8 Å². The van der Waals surface area contributed by atoms with E-state index in [9.17, 15) is 0 Å². The van der Waals surface area contributed by atoms with Gasteiger partial charge >= 0.3 is 0 Å². The molecule has 1 saturated heterocycles. The third-order valence-electron chi connectivity index (χ3n) is 4.72. The zero-order valence-corrected chi connectivity index (χ0v) is 18.7. The molecule has 0 aliphatic carbocycles. The molecule has 0 spiro atoms. The monoisotopic (exact) mass is 430 g/mol. The number of allylic oxidation sites excluding steroid dienone is 1. The lowest BCUT2D eigenvalue weighted by atomic mass is 10.2. The Bertz CT molecular complexity index is 932. The first-order valence-electron chi connectivity index (χ1n) is 9.87. The van der Waals surface area contributed by atoms with Crippen LogP contribution in [0, 0.1) is 5.41 Å². The number of aromatic nitrogens is 2. The Labute approximate surface area is 181 Å². The predicted octanol–water partition coefficient (Wildman–Crippen LogP) is 1.50. The summed E-state index contributed by atoms with van der Waals surface area (Å²) in [5.41, 5.74) is 6.75. The Balaban J connectivity index is 1.93. The van der Waals surface area contributed by atoms with Crippen molar-refractivity contribution >= 4 is 45.1 Å². The average Bonchev–Trinajstić information content (AvgIpc) is 3.12. The molecule has 30 heavy (non-hydrogen) atoms. The molecular formula is C20H30N8OS. The van der Waals surface area contributed by atoms with Gasteiger partial charge in [0, 0.05) is 49.4 Å². The van der Waals surface area contributed by atoms with Gasteiger partial charge in [0.05, 0.1) is 23.4 Å². The number of nitrogens with two attached hydrogens (primary N) is 1. The van der Waals surface area contributed by atoms with Gasteiger partial charge in [0.15, 0.2) is 11.6 Å². The van der Waals surface area contributed by atoms with Gasteiger partial charge < -0.3 is 25.2 Å². The number of ether oxygens (including phenoxy) is 1. The molecule has 3 N–H and O–H groups in total. The van der Waals surface area contributed by atoms with E-state index in [1.807, 2.05) is 0 Å². The van der Waals surface area contributed by atoms with Crippen molar-refractivity contribution in [2.45, 2.75) is 6.54 Å². The minimum Gasteiger partial charge on any atom is -0.378 e. The molecule has 3 heterocycles. The molecule has 162 valence electrons. The maximum atomic E-state index is 7.28. The van der Waals surface area contributed by atoms with Crippen LogP contribution in [-0.4, -0.2) is 92.5 Å². The first kappa shape index (κ1) is 22.3. The largest absolute Gasteiger partial charge is 0.378 e. The Hall–Kier alpha value is -2.40. The van der Waals surface area contributed by atoms with E-state index in [2.05, 4.69) is 53.5 Å². The first-order chi connectivity index (χ1) is 14.3. The van der Waals surface area contributed by atoms with Crippen molar-refractivity contribution in [2.75, 3.05) is 65.4 Å². The molecule has 0 radical (unpaired) electrons. The van der Waals surface area contributed by atoms with Gasteiger partial charge in [-0.15, -0.1) is 11.3 Å². The summed E-state index contributed by atoms with van der Waals surface area (Å²) in [6.45, 7) is 9.81. The normalized spacial score (nSPS) is 15.0. The summed E-state index contributed by atoms with van der Waals surface area (Å²) in [6.07, 6.45) is 1.44. The number of likely N-dealkylation sites (N-methyl/N-ethyl adjacent to an activating group) is 2. The molecule has 0 unspecified atom stereocenters. The van der Waals surface area contributed by atoms with Crippen molar-refractivity contribution in [1.82, 2.24) is 19.8 Å². The molecule has 1 aliphatic rings. The zero-order valence-electron chi connectivity index (χ0n) is 17.9.